The molecule has 5 rings (SSSR count). The number of hydrogen-bond donors (Lipinski definition) is 3. The number of aromatic nitrogens is 4. The van der Waals surface area contributed by atoms with Crippen molar-refractivity contribution in [1.29, 1.82) is 0 Å². The summed E-state index contributed by atoms with van der Waals surface area (Å²) in [5, 5.41) is 14.4. The number of hydrogen-bond acceptors (Lipinski definition) is 7. The average molecular weight is 557 g/mol. The fourth-order valence-electron chi connectivity index (χ4n) is 3.85. The van der Waals surface area contributed by atoms with Gasteiger partial charge in [0.15, 0.2) is 5.82 Å². The van der Waals surface area contributed by atoms with E-state index >= 15 is 0 Å². The number of thiophene rings is 1. The highest BCUT2D eigenvalue weighted by Gasteiger charge is 2.23. The molecule has 3 heterocycles. The van der Waals surface area contributed by atoms with Crippen LogP contribution in [0.3, 0.4) is 0 Å². The van der Waals surface area contributed by atoms with Crippen LogP contribution in [0.5, 0.6) is 5.75 Å². The molecule has 0 bridgehead atoms. The number of halogens is 1. The molecule has 2 aromatic carbocycles. The number of rotatable bonds is 9. The molecule has 0 saturated carbocycles. The molecular weight excluding hydrogens is 536 g/mol. The van der Waals surface area contributed by atoms with Crippen LogP contribution in [0.25, 0.3) is 10.9 Å². The fourth-order valence-corrected chi connectivity index (χ4v) is 6.34. The number of nitrogens with zero attached hydrogens (tertiary/aromatic N) is 3. The van der Waals surface area contributed by atoms with Crippen LogP contribution in [0, 0.1) is 0 Å². The molecule has 0 unspecified atom stereocenters. The third-order valence-corrected chi connectivity index (χ3v) is 8.60. The number of anilines is 1. The number of nitrogens with one attached hydrogen (secondary N) is 3. The molecule has 0 saturated heterocycles. The lowest BCUT2D eigenvalue weighted by Gasteiger charge is -2.08. The predicted octanol–water partition coefficient (Wildman–Crippen LogP) is 4.26. The predicted molar refractivity (Wildman–Crippen MR) is 142 cm³/mol. The Bertz CT molecular complexity index is 1680. The summed E-state index contributed by atoms with van der Waals surface area (Å²) in [5.41, 5.74) is 2.97. The minimum Gasteiger partial charge on any atom is -0.496 e. The van der Waals surface area contributed by atoms with Gasteiger partial charge in [-0.05, 0) is 35.4 Å². The van der Waals surface area contributed by atoms with Gasteiger partial charge in [0, 0.05) is 12.7 Å². The zero-order valence-corrected chi connectivity index (χ0v) is 21.8. The van der Waals surface area contributed by atoms with Gasteiger partial charge in [-0.15, -0.1) is 11.3 Å². The van der Waals surface area contributed by atoms with Gasteiger partial charge in [-0.1, -0.05) is 41.9 Å². The first-order valence-corrected chi connectivity index (χ1v) is 13.7. The number of carbonyl (C=O) groups is 1. The van der Waals surface area contributed by atoms with E-state index in [1.54, 1.807) is 10.7 Å². The smallest absolute Gasteiger partial charge is 0.272 e. The van der Waals surface area contributed by atoms with Crippen molar-refractivity contribution in [3.8, 4) is 5.75 Å². The van der Waals surface area contributed by atoms with Crippen LogP contribution in [-0.4, -0.2) is 41.4 Å². The van der Waals surface area contributed by atoms with E-state index in [9.17, 15) is 13.2 Å². The number of ether oxygens (including phenoxy) is 1. The average Bonchev–Trinajstić information content (AvgIpc) is 3.64. The monoisotopic (exact) mass is 556 g/mol. The summed E-state index contributed by atoms with van der Waals surface area (Å²) in [5.74, 6) is 0.412. The van der Waals surface area contributed by atoms with Crippen molar-refractivity contribution < 1.29 is 17.9 Å². The lowest BCUT2D eigenvalue weighted by atomic mass is 10.1. The normalized spacial score (nSPS) is 11.5. The number of carbonyl (C=O) groups excluding carboxylic acids is 1. The molecule has 5 aromatic rings. The number of aromatic amines is 1. The van der Waals surface area contributed by atoms with Gasteiger partial charge in [-0.25, -0.2) is 8.42 Å². The first-order valence-electron chi connectivity index (χ1n) is 11.0. The quantitative estimate of drug-likeness (QED) is 0.248. The van der Waals surface area contributed by atoms with Gasteiger partial charge in [0.1, 0.15) is 9.96 Å². The van der Waals surface area contributed by atoms with Crippen molar-refractivity contribution in [2.75, 3.05) is 11.8 Å². The Morgan fingerprint density at radius 3 is 2.70 bits per heavy atom. The summed E-state index contributed by atoms with van der Waals surface area (Å²) in [6.45, 7) is 0.694. The Hall–Kier alpha value is -3.87. The zero-order chi connectivity index (χ0) is 26.0. The molecule has 0 atom stereocenters. The van der Waals surface area contributed by atoms with Gasteiger partial charge >= 0.3 is 0 Å². The van der Waals surface area contributed by atoms with Crippen molar-refractivity contribution in [1.82, 2.24) is 25.3 Å². The van der Waals surface area contributed by atoms with Gasteiger partial charge < -0.3 is 10.1 Å². The molecule has 3 N–H and O–H groups in total. The van der Waals surface area contributed by atoms with E-state index in [-0.39, 0.29) is 15.9 Å². The molecule has 0 aliphatic rings. The molecule has 1 amide bonds. The maximum atomic E-state index is 13.0. The first kappa shape index (κ1) is 24.8. The fraction of sp³-hybridized carbons (Fsp3) is 0.125. The first-order chi connectivity index (χ1) is 17.8. The number of sulfonamides is 1. The van der Waals surface area contributed by atoms with Gasteiger partial charge in [0.2, 0.25) is 0 Å². The maximum Gasteiger partial charge on any atom is 0.272 e. The van der Waals surface area contributed by atoms with Crippen LogP contribution < -0.4 is 14.8 Å². The third-order valence-electron chi connectivity index (χ3n) is 5.54. The summed E-state index contributed by atoms with van der Waals surface area (Å²) < 4.78 is 36.2. The molecular formula is C24H21ClN6O4S2. The number of methoxy groups -OCH3 is 1. The third kappa shape index (κ3) is 5.31. The summed E-state index contributed by atoms with van der Waals surface area (Å²) in [4.78, 5) is 12.2. The summed E-state index contributed by atoms with van der Waals surface area (Å²) in [6, 6.07) is 16.1. The molecule has 3 aromatic heterocycles. The van der Waals surface area contributed by atoms with Gasteiger partial charge in [0.25, 0.3) is 15.9 Å². The molecule has 0 radical (unpaired) electrons. The van der Waals surface area contributed by atoms with Crippen LogP contribution in [0.15, 0.2) is 71.2 Å². The molecule has 0 fully saturated rings. The van der Waals surface area contributed by atoms with E-state index in [1.165, 1.54) is 31.6 Å². The van der Waals surface area contributed by atoms with E-state index in [2.05, 4.69) is 25.3 Å². The highest BCUT2D eigenvalue weighted by atomic mass is 35.5. The molecule has 190 valence electrons. The van der Waals surface area contributed by atoms with Crippen LogP contribution in [0.1, 0.15) is 21.5 Å². The van der Waals surface area contributed by atoms with E-state index in [4.69, 9.17) is 16.3 Å². The summed E-state index contributed by atoms with van der Waals surface area (Å²) >= 11 is 6.90. The van der Waals surface area contributed by atoms with Gasteiger partial charge in [-0.3, -0.25) is 19.3 Å². The van der Waals surface area contributed by atoms with Gasteiger partial charge in [-0.2, -0.15) is 10.2 Å². The molecule has 10 nitrogen and oxygen atoms in total. The lowest BCUT2D eigenvalue weighted by Crippen LogP contribution is -2.22. The maximum absolute atomic E-state index is 13.0. The topological polar surface area (TPSA) is 131 Å². The van der Waals surface area contributed by atoms with E-state index in [0.29, 0.717) is 39.6 Å². The highest BCUT2D eigenvalue weighted by Crippen LogP contribution is 2.35. The standard InChI is InChI=1S/C24H21ClN6O4S2/c1-35-19-7-3-6-18-22(19)23(30-37(33,34)21-9-8-20(25)36-21)29-31(18)14-16-5-2-4-15(10-16)11-26-24(32)17-12-27-28-13-17/h2-10,12-13H,11,14H2,1H3,(H,26,32)(H,27,28)(H,29,30). The Morgan fingerprint density at radius 2 is 1.97 bits per heavy atom. The second kappa shape index (κ2) is 10.2. The number of amides is 1. The Kier molecular flexibility index (Phi) is 6.87. The lowest BCUT2D eigenvalue weighted by molar-refractivity contribution is 0.0951. The second-order valence-electron chi connectivity index (χ2n) is 8.01. The molecule has 13 heteroatoms. The van der Waals surface area contributed by atoms with Crippen molar-refractivity contribution >= 4 is 55.6 Å². The minimum absolute atomic E-state index is 0.0836. The molecule has 37 heavy (non-hydrogen) atoms. The Labute approximate surface area is 221 Å². The van der Waals surface area contributed by atoms with Crippen LogP contribution in [-0.2, 0) is 23.1 Å². The van der Waals surface area contributed by atoms with Crippen LogP contribution >= 0.6 is 22.9 Å². The second-order valence-corrected chi connectivity index (χ2v) is 11.6. The van der Waals surface area contributed by atoms with Crippen molar-refractivity contribution in [2.45, 2.75) is 17.3 Å². The molecule has 0 aliphatic heterocycles. The Balaban J connectivity index is 1.43. The van der Waals surface area contributed by atoms with Crippen LogP contribution in [0.2, 0.25) is 4.34 Å². The van der Waals surface area contributed by atoms with Crippen molar-refractivity contribution in [3.05, 3.63) is 88.0 Å². The SMILES string of the molecule is COc1cccc2c1c(NS(=O)(=O)c1ccc(Cl)s1)nn2Cc1cccc(CNC(=O)c2cn[nH]c2)c1. The number of H-pyrrole nitrogens is 1. The summed E-state index contributed by atoms with van der Waals surface area (Å²) in [7, 11) is -2.38. The molecule has 0 aliphatic carbocycles. The van der Waals surface area contributed by atoms with E-state index < -0.39 is 10.0 Å². The number of fused-ring (bicyclic) bond motifs is 1. The zero-order valence-electron chi connectivity index (χ0n) is 19.4. The minimum atomic E-state index is -3.90. The Morgan fingerprint density at radius 1 is 1.16 bits per heavy atom. The van der Waals surface area contributed by atoms with Gasteiger partial charge in [0.05, 0.1) is 40.7 Å². The summed E-state index contributed by atoms with van der Waals surface area (Å²) in [6.07, 6.45) is 2.99. The largest absolute Gasteiger partial charge is 0.496 e. The van der Waals surface area contributed by atoms with E-state index in [1.807, 2.05) is 36.4 Å². The molecule has 0 spiro atoms. The van der Waals surface area contributed by atoms with E-state index in [0.717, 1.165) is 22.5 Å². The number of benzene rings is 2. The van der Waals surface area contributed by atoms with Crippen molar-refractivity contribution in [3.63, 3.8) is 0 Å². The van der Waals surface area contributed by atoms with Crippen molar-refractivity contribution in [2.24, 2.45) is 0 Å². The highest BCUT2D eigenvalue weighted by molar-refractivity contribution is 7.94. The van der Waals surface area contributed by atoms with Crippen LogP contribution in [0.4, 0.5) is 5.82 Å².